The van der Waals surface area contributed by atoms with Crippen molar-refractivity contribution in [3.05, 3.63) is 95.7 Å². The molecule has 2 N–H and O–H groups in total. The van der Waals surface area contributed by atoms with Gasteiger partial charge in [0.2, 0.25) is 0 Å². The van der Waals surface area contributed by atoms with Crippen molar-refractivity contribution in [1.29, 1.82) is 0 Å². The lowest BCUT2D eigenvalue weighted by atomic mass is 10.1. The number of nitrogens with two attached hydrogens (primary N) is 1. The molecule has 3 aromatic carbocycles. The van der Waals surface area contributed by atoms with Crippen LogP contribution in [0.25, 0.3) is 16.6 Å². The van der Waals surface area contributed by atoms with Gasteiger partial charge in [-0.2, -0.15) is 5.10 Å². The van der Waals surface area contributed by atoms with Crippen molar-refractivity contribution in [3.63, 3.8) is 0 Å². The molecular weight excluding hydrogens is 410 g/mol. The predicted molar refractivity (Wildman–Crippen MR) is 129 cm³/mol. The van der Waals surface area contributed by atoms with E-state index in [1.54, 1.807) is 6.07 Å². The number of carbonyl (C=O) groups excluding carboxylic acids is 1. The van der Waals surface area contributed by atoms with Crippen molar-refractivity contribution in [3.8, 4) is 5.69 Å². The van der Waals surface area contributed by atoms with Gasteiger partial charge in [0.15, 0.2) is 0 Å². The first-order chi connectivity index (χ1) is 16.1. The van der Waals surface area contributed by atoms with E-state index in [0.717, 1.165) is 37.3 Å². The molecule has 0 unspecified atom stereocenters. The molecule has 2 saturated heterocycles. The maximum atomic E-state index is 11.7. The van der Waals surface area contributed by atoms with Crippen molar-refractivity contribution in [1.82, 2.24) is 19.6 Å². The molecule has 0 spiro atoms. The van der Waals surface area contributed by atoms with Gasteiger partial charge in [0.25, 0.3) is 5.91 Å². The monoisotopic (exact) mass is 437 g/mol. The van der Waals surface area contributed by atoms with Crippen molar-refractivity contribution >= 4 is 16.8 Å². The molecule has 2 atom stereocenters. The lowest BCUT2D eigenvalue weighted by Gasteiger charge is -2.34. The molecule has 3 heterocycles. The average molecular weight is 438 g/mol. The van der Waals surface area contributed by atoms with E-state index in [1.165, 1.54) is 17.5 Å². The predicted octanol–water partition coefficient (Wildman–Crippen LogP) is 3.58. The second kappa shape index (κ2) is 8.14. The maximum Gasteiger partial charge on any atom is 0.250 e. The standard InChI is InChI=1S/C27H27N5O/c28-27(33)25-8-4-7-21-16-32(29-26(21)25)22-11-9-20(10-12-22)15-31-18-23-13-24(31)17-30(23)14-19-5-2-1-3-6-19/h1-12,16,23-24H,13-15,17-18H2,(H2,28,33)/t23-,24-/m0/s1. The van der Waals surface area contributed by atoms with Gasteiger partial charge in [0.05, 0.1) is 11.3 Å². The third kappa shape index (κ3) is 3.81. The number of piperazine rings is 1. The Labute approximate surface area is 193 Å². The minimum Gasteiger partial charge on any atom is -0.366 e. The summed E-state index contributed by atoms with van der Waals surface area (Å²) in [6, 6.07) is 26.2. The molecule has 1 amide bonds. The number of benzene rings is 3. The largest absolute Gasteiger partial charge is 0.366 e. The molecule has 0 aliphatic carbocycles. The highest BCUT2D eigenvalue weighted by Gasteiger charge is 2.42. The Morgan fingerprint density at radius 3 is 2.15 bits per heavy atom. The van der Waals surface area contributed by atoms with Crippen LogP contribution in [0.15, 0.2) is 79.0 Å². The lowest BCUT2D eigenvalue weighted by Crippen LogP contribution is -2.45. The SMILES string of the molecule is NC(=O)c1cccc2cn(-c3ccc(CN4C[C@@H]5C[C@H]4CN5Cc4ccccc4)cc3)nc12. The summed E-state index contributed by atoms with van der Waals surface area (Å²) >= 11 is 0. The number of hydrogen-bond donors (Lipinski definition) is 1. The molecule has 0 saturated carbocycles. The Bertz CT molecular complexity index is 1300. The summed E-state index contributed by atoms with van der Waals surface area (Å²) in [6.45, 7) is 4.33. The third-order valence-corrected chi connectivity index (χ3v) is 7.08. The van der Waals surface area contributed by atoms with Gasteiger partial charge in [-0.05, 0) is 35.7 Å². The van der Waals surface area contributed by atoms with Crippen LogP contribution >= 0.6 is 0 Å². The van der Waals surface area contributed by atoms with E-state index in [2.05, 4.69) is 69.5 Å². The fraction of sp³-hybridized carbons (Fsp3) is 0.259. The Morgan fingerprint density at radius 1 is 0.848 bits per heavy atom. The quantitative estimate of drug-likeness (QED) is 0.501. The number of hydrogen-bond acceptors (Lipinski definition) is 4. The molecule has 33 heavy (non-hydrogen) atoms. The van der Waals surface area contributed by atoms with Crippen LogP contribution in [0.4, 0.5) is 0 Å². The zero-order valence-corrected chi connectivity index (χ0v) is 18.5. The molecule has 2 fully saturated rings. The summed E-state index contributed by atoms with van der Waals surface area (Å²) < 4.78 is 1.82. The second-order valence-electron chi connectivity index (χ2n) is 9.24. The smallest absolute Gasteiger partial charge is 0.250 e. The number of carbonyl (C=O) groups is 1. The molecule has 2 bridgehead atoms. The van der Waals surface area contributed by atoms with E-state index < -0.39 is 5.91 Å². The normalized spacial score (nSPS) is 20.6. The highest BCUT2D eigenvalue weighted by Crippen LogP contribution is 2.33. The Balaban J connectivity index is 1.12. The van der Waals surface area contributed by atoms with Gasteiger partial charge in [-0.25, -0.2) is 4.68 Å². The van der Waals surface area contributed by atoms with Crippen LogP contribution in [0.3, 0.4) is 0 Å². The van der Waals surface area contributed by atoms with Gasteiger partial charge in [-0.3, -0.25) is 14.6 Å². The van der Waals surface area contributed by atoms with E-state index >= 15 is 0 Å². The minimum atomic E-state index is -0.455. The lowest BCUT2D eigenvalue weighted by molar-refractivity contribution is 0.100. The first-order valence-corrected chi connectivity index (χ1v) is 11.5. The van der Waals surface area contributed by atoms with Crippen molar-refractivity contribution < 1.29 is 4.79 Å². The molecule has 2 aliphatic heterocycles. The molecular formula is C27H27N5O. The molecule has 4 aromatic rings. The third-order valence-electron chi connectivity index (χ3n) is 7.08. The summed E-state index contributed by atoms with van der Waals surface area (Å²) in [5.74, 6) is -0.455. The Kier molecular flexibility index (Phi) is 4.97. The summed E-state index contributed by atoms with van der Waals surface area (Å²) in [7, 11) is 0. The number of likely N-dealkylation sites (tertiary alicyclic amines) is 2. The highest BCUT2D eigenvalue weighted by molar-refractivity contribution is 6.04. The van der Waals surface area contributed by atoms with Crippen LogP contribution in [0.2, 0.25) is 0 Å². The van der Waals surface area contributed by atoms with Crippen molar-refractivity contribution in [2.75, 3.05) is 13.1 Å². The minimum absolute atomic E-state index is 0.452. The van der Waals surface area contributed by atoms with Crippen LogP contribution in [-0.2, 0) is 13.1 Å². The summed E-state index contributed by atoms with van der Waals surface area (Å²) in [5.41, 5.74) is 10.3. The average Bonchev–Trinajstić information content (AvgIpc) is 3.54. The van der Waals surface area contributed by atoms with Crippen LogP contribution in [0, 0.1) is 0 Å². The van der Waals surface area contributed by atoms with Gasteiger partial charge in [-0.1, -0.05) is 54.6 Å². The van der Waals surface area contributed by atoms with Gasteiger partial charge in [-0.15, -0.1) is 0 Å². The van der Waals surface area contributed by atoms with E-state index in [-0.39, 0.29) is 0 Å². The van der Waals surface area contributed by atoms with Gasteiger partial charge in [0, 0.05) is 49.8 Å². The summed E-state index contributed by atoms with van der Waals surface area (Å²) in [5, 5.41) is 5.52. The Hall–Kier alpha value is -3.48. The number of rotatable bonds is 6. The van der Waals surface area contributed by atoms with Gasteiger partial charge in [0.1, 0.15) is 5.52 Å². The number of fused-ring (bicyclic) bond motifs is 3. The molecule has 6 rings (SSSR count). The van der Waals surface area contributed by atoms with E-state index in [0.29, 0.717) is 23.2 Å². The zero-order chi connectivity index (χ0) is 22.4. The number of amides is 1. The van der Waals surface area contributed by atoms with E-state index in [4.69, 9.17) is 5.73 Å². The first-order valence-electron chi connectivity index (χ1n) is 11.5. The fourth-order valence-electron chi connectivity index (χ4n) is 5.40. The molecule has 1 aromatic heterocycles. The molecule has 6 nitrogen and oxygen atoms in total. The topological polar surface area (TPSA) is 67.4 Å². The maximum absolute atomic E-state index is 11.7. The van der Waals surface area contributed by atoms with E-state index in [9.17, 15) is 4.79 Å². The second-order valence-corrected chi connectivity index (χ2v) is 9.24. The fourth-order valence-corrected chi connectivity index (χ4v) is 5.40. The van der Waals surface area contributed by atoms with Crippen LogP contribution in [0.1, 0.15) is 27.9 Å². The van der Waals surface area contributed by atoms with Crippen LogP contribution < -0.4 is 5.73 Å². The summed E-state index contributed by atoms with van der Waals surface area (Å²) in [6.07, 6.45) is 3.21. The first kappa shape index (κ1) is 20.1. The molecule has 166 valence electrons. The van der Waals surface area contributed by atoms with Crippen LogP contribution in [0.5, 0.6) is 0 Å². The van der Waals surface area contributed by atoms with E-state index in [1.807, 2.05) is 23.0 Å². The number of primary amides is 1. The summed E-state index contributed by atoms with van der Waals surface area (Å²) in [4.78, 5) is 17.0. The zero-order valence-electron chi connectivity index (χ0n) is 18.5. The highest BCUT2D eigenvalue weighted by atomic mass is 16.1. The van der Waals surface area contributed by atoms with Crippen LogP contribution in [-0.4, -0.2) is 50.7 Å². The van der Waals surface area contributed by atoms with Crippen molar-refractivity contribution in [2.24, 2.45) is 5.73 Å². The van der Waals surface area contributed by atoms with Gasteiger partial charge >= 0.3 is 0 Å². The Morgan fingerprint density at radius 2 is 1.52 bits per heavy atom. The molecule has 0 radical (unpaired) electrons. The van der Waals surface area contributed by atoms with Crippen molar-refractivity contribution in [2.45, 2.75) is 31.6 Å². The number of aromatic nitrogens is 2. The molecule has 6 heteroatoms. The van der Waals surface area contributed by atoms with Gasteiger partial charge < -0.3 is 5.73 Å². The number of nitrogens with zero attached hydrogens (tertiary/aromatic N) is 4. The molecule has 2 aliphatic rings.